The fraction of sp³-hybridized carbons (Fsp3) is 0.714. The topological polar surface area (TPSA) is 34.4 Å². The van der Waals surface area contributed by atoms with Crippen molar-refractivity contribution in [2.24, 2.45) is 5.92 Å². The van der Waals surface area contributed by atoms with Crippen molar-refractivity contribution in [2.45, 2.75) is 52.8 Å². The molecule has 2 rings (SSSR count). The summed E-state index contributed by atoms with van der Waals surface area (Å²) in [5.41, 5.74) is 1.26. The molecule has 0 saturated heterocycles. The van der Waals surface area contributed by atoms with Gasteiger partial charge in [-0.3, -0.25) is 0 Å². The summed E-state index contributed by atoms with van der Waals surface area (Å²) in [5.74, 6) is 2.53. The van der Waals surface area contributed by atoms with E-state index in [2.05, 4.69) is 25.2 Å². The molecule has 1 N–H and O–H groups in total. The maximum absolute atomic E-state index is 5.68. The lowest BCUT2D eigenvalue weighted by Gasteiger charge is -2.04. The molecule has 0 atom stereocenters. The molecule has 0 unspecified atom stereocenters. The number of rotatable bonds is 7. The molecule has 0 bridgehead atoms. The standard InChI is InChI=1S/C14H23NO2/c1-10(2)8-16-9-14-6-12(11(3)17-14)7-15-13-4-5-13/h6,10,13,15H,4-5,7-9H2,1-3H3. The number of hydrogen-bond acceptors (Lipinski definition) is 3. The highest BCUT2D eigenvalue weighted by molar-refractivity contribution is 5.20. The Kier molecular flexibility index (Phi) is 4.24. The molecule has 96 valence electrons. The van der Waals surface area contributed by atoms with Gasteiger partial charge in [0.1, 0.15) is 18.1 Å². The number of hydrogen-bond donors (Lipinski definition) is 1. The Hall–Kier alpha value is -0.800. The molecule has 1 aromatic heterocycles. The minimum Gasteiger partial charge on any atom is -0.464 e. The molecule has 3 nitrogen and oxygen atoms in total. The average Bonchev–Trinajstić information content (AvgIpc) is 3.01. The first-order valence-electron chi connectivity index (χ1n) is 6.54. The zero-order valence-corrected chi connectivity index (χ0v) is 11.1. The third kappa shape index (κ3) is 4.17. The van der Waals surface area contributed by atoms with Gasteiger partial charge < -0.3 is 14.5 Å². The second-order valence-corrected chi connectivity index (χ2v) is 5.36. The van der Waals surface area contributed by atoms with Crippen molar-refractivity contribution in [2.75, 3.05) is 6.61 Å². The molecule has 3 heteroatoms. The van der Waals surface area contributed by atoms with Gasteiger partial charge in [0, 0.05) is 24.8 Å². The Labute approximate surface area is 104 Å². The summed E-state index contributed by atoms with van der Waals surface area (Å²) in [6.07, 6.45) is 2.64. The highest BCUT2D eigenvalue weighted by Gasteiger charge is 2.20. The van der Waals surface area contributed by atoms with Crippen molar-refractivity contribution in [3.63, 3.8) is 0 Å². The van der Waals surface area contributed by atoms with Crippen molar-refractivity contribution in [3.8, 4) is 0 Å². The molecule has 1 heterocycles. The molecule has 0 aliphatic heterocycles. The molecule has 0 spiro atoms. The van der Waals surface area contributed by atoms with Gasteiger partial charge in [-0.15, -0.1) is 0 Å². The summed E-state index contributed by atoms with van der Waals surface area (Å²) in [6, 6.07) is 2.86. The van der Waals surface area contributed by atoms with E-state index < -0.39 is 0 Å². The Bertz CT molecular complexity index is 353. The van der Waals surface area contributed by atoms with Gasteiger partial charge in [-0.05, 0) is 31.7 Å². The minimum atomic E-state index is 0.571. The fourth-order valence-electron chi connectivity index (χ4n) is 1.77. The summed E-state index contributed by atoms with van der Waals surface area (Å²) in [6.45, 7) is 8.62. The zero-order chi connectivity index (χ0) is 12.3. The van der Waals surface area contributed by atoms with Crippen LogP contribution in [0.25, 0.3) is 0 Å². The van der Waals surface area contributed by atoms with Crippen LogP contribution in [0.2, 0.25) is 0 Å². The molecule has 1 aliphatic carbocycles. The molecule has 1 aromatic rings. The lowest BCUT2D eigenvalue weighted by molar-refractivity contribution is 0.0841. The Morgan fingerprint density at radius 2 is 2.24 bits per heavy atom. The SMILES string of the molecule is Cc1oc(COCC(C)C)cc1CNC1CC1. The lowest BCUT2D eigenvalue weighted by atomic mass is 10.2. The first-order chi connectivity index (χ1) is 8.15. The van der Waals surface area contributed by atoms with Crippen molar-refractivity contribution >= 4 is 0 Å². The zero-order valence-electron chi connectivity index (χ0n) is 11.1. The van der Waals surface area contributed by atoms with Crippen LogP contribution in [0, 0.1) is 12.8 Å². The van der Waals surface area contributed by atoms with Gasteiger partial charge in [-0.1, -0.05) is 13.8 Å². The predicted molar refractivity (Wildman–Crippen MR) is 67.8 cm³/mol. The largest absolute Gasteiger partial charge is 0.464 e. The number of ether oxygens (including phenoxy) is 1. The monoisotopic (exact) mass is 237 g/mol. The van der Waals surface area contributed by atoms with Crippen LogP contribution in [0.5, 0.6) is 0 Å². The van der Waals surface area contributed by atoms with Gasteiger partial charge in [0.2, 0.25) is 0 Å². The maximum Gasteiger partial charge on any atom is 0.130 e. The number of furan rings is 1. The van der Waals surface area contributed by atoms with Crippen molar-refractivity contribution in [1.29, 1.82) is 0 Å². The molecule has 0 aromatic carbocycles. The predicted octanol–water partition coefficient (Wildman–Crippen LogP) is 3.01. The van der Waals surface area contributed by atoms with Crippen molar-refractivity contribution in [3.05, 3.63) is 23.2 Å². The van der Waals surface area contributed by atoms with Crippen LogP contribution in [-0.4, -0.2) is 12.6 Å². The van der Waals surface area contributed by atoms with Gasteiger partial charge in [-0.2, -0.15) is 0 Å². The third-order valence-corrected chi connectivity index (χ3v) is 2.93. The van der Waals surface area contributed by atoms with Crippen LogP contribution in [0.15, 0.2) is 10.5 Å². The van der Waals surface area contributed by atoms with E-state index >= 15 is 0 Å². The summed E-state index contributed by atoms with van der Waals surface area (Å²) in [4.78, 5) is 0. The van der Waals surface area contributed by atoms with Crippen LogP contribution < -0.4 is 5.32 Å². The molecule has 1 aliphatic rings. The normalized spacial score (nSPS) is 15.8. The quantitative estimate of drug-likeness (QED) is 0.791. The van der Waals surface area contributed by atoms with E-state index in [9.17, 15) is 0 Å². The van der Waals surface area contributed by atoms with E-state index in [4.69, 9.17) is 9.15 Å². The smallest absolute Gasteiger partial charge is 0.130 e. The summed E-state index contributed by atoms with van der Waals surface area (Å²) < 4.78 is 11.3. The molecular formula is C14H23NO2. The second-order valence-electron chi connectivity index (χ2n) is 5.36. The molecule has 1 fully saturated rings. The third-order valence-electron chi connectivity index (χ3n) is 2.93. The molecule has 0 radical (unpaired) electrons. The molecule has 1 saturated carbocycles. The van der Waals surface area contributed by atoms with E-state index in [0.717, 1.165) is 30.7 Å². The van der Waals surface area contributed by atoms with Crippen molar-refractivity contribution in [1.82, 2.24) is 5.32 Å². The molecule has 17 heavy (non-hydrogen) atoms. The highest BCUT2D eigenvalue weighted by Crippen LogP contribution is 2.21. The highest BCUT2D eigenvalue weighted by atomic mass is 16.5. The first-order valence-corrected chi connectivity index (χ1v) is 6.54. The van der Waals surface area contributed by atoms with Gasteiger partial charge in [0.05, 0.1) is 0 Å². The van der Waals surface area contributed by atoms with E-state index in [-0.39, 0.29) is 0 Å². The van der Waals surface area contributed by atoms with Gasteiger partial charge in [-0.25, -0.2) is 0 Å². The Morgan fingerprint density at radius 3 is 2.88 bits per heavy atom. The number of nitrogens with one attached hydrogen (secondary N) is 1. The van der Waals surface area contributed by atoms with Crippen LogP contribution in [0.3, 0.4) is 0 Å². The lowest BCUT2D eigenvalue weighted by Crippen LogP contribution is -2.15. The van der Waals surface area contributed by atoms with E-state index in [1.807, 2.05) is 6.92 Å². The Balaban J connectivity index is 1.79. The molecular weight excluding hydrogens is 214 g/mol. The van der Waals surface area contributed by atoms with E-state index in [1.54, 1.807) is 0 Å². The second kappa shape index (κ2) is 5.69. The summed E-state index contributed by atoms with van der Waals surface area (Å²) >= 11 is 0. The Morgan fingerprint density at radius 1 is 1.47 bits per heavy atom. The number of aryl methyl sites for hydroxylation is 1. The van der Waals surface area contributed by atoms with Crippen LogP contribution in [-0.2, 0) is 17.9 Å². The average molecular weight is 237 g/mol. The molecule has 0 amide bonds. The minimum absolute atomic E-state index is 0.571. The van der Waals surface area contributed by atoms with Crippen LogP contribution in [0.1, 0.15) is 43.8 Å². The summed E-state index contributed by atoms with van der Waals surface area (Å²) in [5, 5.41) is 3.50. The van der Waals surface area contributed by atoms with E-state index in [1.165, 1.54) is 18.4 Å². The van der Waals surface area contributed by atoms with Crippen molar-refractivity contribution < 1.29 is 9.15 Å². The van der Waals surface area contributed by atoms with Gasteiger partial charge >= 0.3 is 0 Å². The summed E-state index contributed by atoms with van der Waals surface area (Å²) in [7, 11) is 0. The maximum atomic E-state index is 5.68. The fourth-order valence-corrected chi connectivity index (χ4v) is 1.77. The van der Waals surface area contributed by atoms with Gasteiger partial charge in [0.15, 0.2) is 0 Å². The van der Waals surface area contributed by atoms with E-state index in [0.29, 0.717) is 12.5 Å². The van der Waals surface area contributed by atoms with Crippen LogP contribution >= 0.6 is 0 Å². The first kappa shape index (κ1) is 12.7. The van der Waals surface area contributed by atoms with Gasteiger partial charge in [0.25, 0.3) is 0 Å². The van der Waals surface area contributed by atoms with Crippen LogP contribution in [0.4, 0.5) is 0 Å².